The number of nitrogens with one attached hydrogen (secondary N) is 1. The van der Waals surface area contributed by atoms with Gasteiger partial charge in [0, 0.05) is 29.3 Å². The van der Waals surface area contributed by atoms with Crippen LogP contribution >= 0.6 is 0 Å². The molecule has 0 bridgehead atoms. The Morgan fingerprint density at radius 3 is 2.73 bits per heavy atom. The lowest BCUT2D eigenvalue weighted by atomic mass is 10.1. The monoisotopic (exact) mass is 293 g/mol. The maximum Gasteiger partial charge on any atom is 0.270 e. The number of rotatable bonds is 3. The van der Waals surface area contributed by atoms with Gasteiger partial charge in [-0.25, -0.2) is 0 Å². The highest BCUT2D eigenvalue weighted by atomic mass is 16.6. The van der Waals surface area contributed by atoms with Gasteiger partial charge in [0.25, 0.3) is 11.6 Å². The highest BCUT2D eigenvalue weighted by Crippen LogP contribution is 2.22. The van der Waals surface area contributed by atoms with E-state index in [9.17, 15) is 14.9 Å². The molecular weight excluding hydrogens is 282 g/mol. The van der Waals surface area contributed by atoms with Crippen molar-refractivity contribution >= 4 is 28.2 Å². The number of carbonyl (C=O) groups excluding carboxylic acids is 1. The molecule has 3 rings (SSSR count). The van der Waals surface area contributed by atoms with E-state index in [2.05, 4.69) is 10.3 Å². The highest BCUT2D eigenvalue weighted by molar-refractivity contribution is 6.08. The van der Waals surface area contributed by atoms with E-state index < -0.39 is 10.8 Å². The summed E-state index contributed by atoms with van der Waals surface area (Å²) in [6.07, 6.45) is 1.68. The Morgan fingerprint density at radius 1 is 1.09 bits per heavy atom. The van der Waals surface area contributed by atoms with E-state index in [0.717, 1.165) is 10.9 Å². The van der Waals surface area contributed by atoms with Crippen LogP contribution < -0.4 is 5.32 Å². The van der Waals surface area contributed by atoms with Crippen LogP contribution in [0.5, 0.6) is 0 Å². The fraction of sp³-hybridized carbons (Fsp3) is 0. The Morgan fingerprint density at radius 2 is 1.91 bits per heavy atom. The number of nitrogens with zero attached hydrogens (tertiary/aromatic N) is 2. The molecule has 0 fully saturated rings. The molecular formula is C16H11N3O3. The van der Waals surface area contributed by atoms with Crippen LogP contribution in [-0.2, 0) is 0 Å². The molecule has 0 saturated carbocycles. The lowest BCUT2D eigenvalue weighted by Gasteiger charge is -2.08. The van der Waals surface area contributed by atoms with Crippen LogP contribution in [0.3, 0.4) is 0 Å². The number of carbonyl (C=O) groups is 1. The number of amides is 1. The van der Waals surface area contributed by atoms with Crippen molar-refractivity contribution in [3.05, 3.63) is 76.5 Å². The fourth-order valence-corrected chi connectivity index (χ4v) is 2.17. The second-order valence-corrected chi connectivity index (χ2v) is 4.64. The first-order chi connectivity index (χ1) is 10.6. The average molecular weight is 293 g/mol. The number of fused-ring (bicyclic) bond motifs is 1. The van der Waals surface area contributed by atoms with Gasteiger partial charge in [0.05, 0.1) is 16.1 Å². The summed E-state index contributed by atoms with van der Waals surface area (Å²) < 4.78 is 0. The molecule has 1 N–H and O–H groups in total. The van der Waals surface area contributed by atoms with E-state index in [1.807, 2.05) is 12.1 Å². The Labute approximate surface area is 125 Å². The number of aromatic nitrogens is 1. The van der Waals surface area contributed by atoms with Gasteiger partial charge in [0.2, 0.25) is 0 Å². The molecule has 108 valence electrons. The first-order valence-corrected chi connectivity index (χ1v) is 6.55. The summed E-state index contributed by atoms with van der Waals surface area (Å²) in [5.41, 5.74) is 1.49. The quantitative estimate of drug-likeness (QED) is 0.592. The minimum atomic E-state index is -0.529. The van der Waals surface area contributed by atoms with E-state index in [1.54, 1.807) is 24.4 Å². The van der Waals surface area contributed by atoms with Crippen molar-refractivity contribution in [1.29, 1.82) is 0 Å². The largest absolute Gasteiger partial charge is 0.321 e. The van der Waals surface area contributed by atoms with Crippen molar-refractivity contribution in [2.45, 2.75) is 0 Å². The molecule has 0 unspecified atom stereocenters. The number of non-ortho nitro benzene ring substituents is 1. The summed E-state index contributed by atoms with van der Waals surface area (Å²) in [5, 5.41) is 14.3. The number of hydrogen-bond donors (Lipinski definition) is 1. The molecule has 1 aromatic heterocycles. The third kappa shape index (κ3) is 2.62. The maximum absolute atomic E-state index is 12.3. The lowest BCUT2D eigenvalue weighted by Crippen LogP contribution is -2.12. The predicted octanol–water partition coefficient (Wildman–Crippen LogP) is 3.40. The van der Waals surface area contributed by atoms with Crippen LogP contribution in [0.25, 0.3) is 10.9 Å². The van der Waals surface area contributed by atoms with Gasteiger partial charge in [-0.1, -0.05) is 12.1 Å². The summed E-state index contributed by atoms with van der Waals surface area (Å²) in [7, 11) is 0. The van der Waals surface area contributed by atoms with Gasteiger partial charge in [0.1, 0.15) is 0 Å². The number of nitro benzene ring substituents is 1. The lowest BCUT2D eigenvalue weighted by molar-refractivity contribution is -0.384. The van der Waals surface area contributed by atoms with Crippen molar-refractivity contribution in [1.82, 2.24) is 4.98 Å². The fourth-order valence-electron chi connectivity index (χ4n) is 2.17. The van der Waals surface area contributed by atoms with Crippen LogP contribution in [-0.4, -0.2) is 15.8 Å². The van der Waals surface area contributed by atoms with Crippen LogP contribution in [0.2, 0.25) is 0 Å². The van der Waals surface area contributed by atoms with Crippen molar-refractivity contribution in [3.8, 4) is 0 Å². The van der Waals surface area contributed by atoms with Gasteiger partial charge in [-0.15, -0.1) is 0 Å². The number of pyridine rings is 1. The smallest absolute Gasteiger partial charge is 0.270 e. The molecule has 3 aromatic rings. The number of hydrogen-bond acceptors (Lipinski definition) is 4. The van der Waals surface area contributed by atoms with Crippen molar-refractivity contribution in [3.63, 3.8) is 0 Å². The minimum absolute atomic E-state index is 0.118. The Kier molecular flexibility index (Phi) is 3.49. The summed E-state index contributed by atoms with van der Waals surface area (Å²) in [6.45, 7) is 0. The van der Waals surface area contributed by atoms with Gasteiger partial charge >= 0.3 is 0 Å². The standard InChI is InChI=1S/C16H11N3O3/c20-16(11-4-1-5-12(10-11)19(21)22)18-15-8-2-7-14-13(15)6-3-9-17-14/h1-10H,(H,18,20). The first-order valence-electron chi connectivity index (χ1n) is 6.55. The molecule has 0 aliphatic rings. The second-order valence-electron chi connectivity index (χ2n) is 4.64. The van der Waals surface area contributed by atoms with Gasteiger partial charge < -0.3 is 5.32 Å². The molecule has 2 aromatic carbocycles. The van der Waals surface area contributed by atoms with Gasteiger partial charge in [-0.05, 0) is 30.3 Å². The average Bonchev–Trinajstić information content (AvgIpc) is 2.55. The third-order valence-electron chi connectivity index (χ3n) is 3.21. The van der Waals surface area contributed by atoms with E-state index in [4.69, 9.17) is 0 Å². The zero-order valence-corrected chi connectivity index (χ0v) is 11.4. The normalized spacial score (nSPS) is 10.4. The highest BCUT2D eigenvalue weighted by Gasteiger charge is 2.12. The molecule has 0 aliphatic heterocycles. The minimum Gasteiger partial charge on any atom is -0.321 e. The van der Waals surface area contributed by atoms with Gasteiger partial charge in [0.15, 0.2) is 0 Å². The van der Waals surface area contributed by atoms with Crippen molar-refractivity contribution < 1.29 is 9.72 Å². The van der Waals surface area contributed by atoms with Crippen molar-refractivity contribution in [2.24, 2.45) is 0 Å². The Hall–Kier alpha value is -3.28. The summed E-state index contributed by atoms with van der Waals surface area (Å²) >= 11 is 0. The molecule has 0 aliphatic carbocycles. The van der Waals surface area contributed by atoms with Gasteiger partial charge in [-0.2, -0.15) is 0 Å². The summed E-state index contributed by atoms with van der Waals surface area (Å²) in [6, 6.07) is 14.6. The molecule has 0 saturated heterocycles. The van der Waals surface area contributed by atoms with Crippen LogP contribution in [0.1, 0.15) is 10.4 Å². The van der Waals surface area contributed by atoms with Crippen LogP contribution in [0.15, 0.2) is 60.8 Å². The molecule has 0 atom stereocenters. The van der Waals surface area contributed by atoms with Gasteiger partial charge in [-0.3, -0.25) is 19.9 Å². The van der Waals surface area contributed by atoms with Crippen LogP contribution in [0, 0.1) is 10.1 Å². The zero-order valence-electron chi connectivity index (χ0n) is 11.4. The third-order valence-corrected chi connectivity index (χ3v) is 3.21. The Bertz CT molecular complexity index is 872. The van der Waals surface area contributed by atoms with E-state index in [0.29, 0.717) is 5.69 Å². The summed E-state index contributed by atoms with van der Waals surface area (Å²) in [5.74, 6) is -0.403. The number of benzene rings is 2. The SMILES string of the molecule is O=C(Nc1cccc2ncccc12)c1cccc([N+](=O)[O-])c1. The topological polar surface area (TPSA) is 85.1 Å². The maximum atomic E-state index is 12.3. The van der Waals surface area contributed by atoms with E-state index >= 15 is 0 Å². The molecule has 0 radical (unpaired) electrons. The molecule has 6 heteroatoms. The van der Waals surface area contributed by atoms with E-state index in [-0.39, 0.29) is 11.3 Å². The predicted molar refractivity (Wildman–Crippen MR) is 82.8 cm³/mol. The second kappa shape index (κ2) is 5.61. The number of anilines is 1. The molecule has 22 heavy (non-hydrogen) atoms. The van der Waals surface area contributed by atoms with Crippen molar-refractivity contribution in [2.75, 3.05) is 5.32 Å². The molecule has 6 nitrogen and oxygen atoms in total. The summed E-state index contributed by atoms with van der Waals surface area (Å²) in [4.78, 5) is 26.7. The zero-order chi connectivity index (χ0) is 15.5. The Balaban J connectivity index is 1.93. The molecule has 1 heterocycles. The van der Waals surface area contributed by atoms with E-state index in [1.165, 1.54) is 24.3 Å². The molecule has 0 spiro atoms. The first kappa shape index (κ1) is 13.7. The number of nitro groups is 1. The molecule has 1 amide bonds. The van der Waals surface area contributed by atoms with Crippen LogP contribution in [0.4, 0.5) is 11.4 Å².